The van der Waals surface area contributed by atoms with Crippen LogP contribution in [0.5, 0.6) is 0 Å². The smallest absolute Gasteiger partial charge is 0.220 e. The average Bonchev–Trinajstić information content (AvgIpc) is 0.781. The highest BCUT2D eigenvalue weighted by molar-refractivity contribution is 5.76. The van der Waals surface area contributed by atoms with E-state index >= 15 is 0 Å². The summed E-state index contributed by atoms with van der Waals surface area (Å²) in [4.78, 5) is 13.4. The van der Waals surface area contributed by atoms with Gasteiger partial charge in [-0.3, -0.25) is 4.79 Å². The van der Waals surface area contributed by atoms with Crippen LogP contribution in [0.1, 0.15) is 264 Å². The number of aliphatic hydroxyl groups excluding tert-OH is 11. The van der Waals surface area contributed by atoms with Crippen LogP contribution in [-0.2, 0) is 33.2 Å². The van der Waals surface area contributed by atoms with Gasteiger partial charge in [0.05, 0.1) is 38.6 Å². The van der Waals surface area contributed by atoms with E-state index in [9.17, 15) is 61.0 Å². The van der Waals surface area contributed by atoms with Crippen molar-refractivity contribution in [3.63, 3.8) is 0 Å². The van der Waals surface area contributed by atoms with Gasteiger partial charge in [-0.2, -0.15) is 0 Å². The molecule has 106 heavy (non-hydrogen) atoms. The van der Waals surface area contributed by atoms with Crippen LogP contribution in [0.25, 0.3) is 0 Å². The molecule has 1 amide bonds. The summed E-state index contributed by atoms with van der Waals surface area (Å²) in [6.07, 6.45) is 68.5. The molecular formula is C87H145NO18. The molecule has 0 aliphatic carbocycles. The lowest BCUT2D eigenvalue weighted by Gasteiger charge is -2.48. The van der Waals surface area contributed by atoms with Crippen molar-refractivity contribution in [3.8, 4) is 0 Å². The molecule has 17 unspecified atom stereocenters. The Bertz CT molecular complexity index is 2490. The molecule has 0 aromatic rings. The van der Waals surface area contributed by atoms with Gasteiger partial charge in [-0.1, -0.05) is 295 Å². The van der Waals surface area contributed by atoms with E-state index in [4.69, 9.17) is 28.4 Å². The second-order valence-electron chi connectivity index (χ2n) is 28.5. The highest BCUT2D eigenvalue weighted by atomic mass is 16.8. The molecule has 19 heteroatoms. The van der Waals surface area contributed by atoms with Crippen LogP contribution in [-0.4, -0.2) is 193 Å². The lowest BCUT2D eigenvalue weighted by atomic mass is 9.96. The number of hydrogen-bond donors (Lipinski definition) is 12. The summed E-state index contributed by atoms with van der Waals surface area (Å²) < 4.78 is 34.4. The van der Waals surface area contributed by atoms with Crippen LogP contribution in [0.4, 0.5) is 0 Å². The number of amides is 1. The number of carbonyl (C=O) groups is 1. The van der Waals surface area contributed by atoms with Gasteiger partial charge in [-0.15, -0.1) is 0 Å². The lowest BCUT2D eigenvalue weighted by Crippen LogP contribution is -2.66. The number of rotatable bonds is 63. The Morgan fingerprint density at radius 2 is 0.660 bits per heavy atom. The Morgan fingerprint density at radius 1 is 0.349 bits per heavy atom. The third kappa shape index (κ3) is 44.5. The predicted molar refractivity (Wildman–Crippen MR) is 424 cm³/mol. The minimum Gasteiger partial charge on any atom is -0.394 e. The zero-order valence-electron chi connectivity index (χ0n) is 64.9. The van der Waals surface area contributed by atoms with Crippen molar-refractivity contribution in [2.75, 3.05) is 26.4 Å². The fraction of sp³-hybridized carbons (Fsp3) is 0.713. The molecule has 606 valence electrons. The zero-order chi connectivity index (χ0) is 76.7. The molecule has 0 bridgehead atoms. The van der Waals surface area contributed by atoms with E-state index in [-0.39, 0.29) is 12.3 Å². The fourth-order valence-corrected chi connectivity index (χ4v) is 12.8. The number of hydrogen-bond acceptors (Lipinski definition) is 18. The Balaban J connectivity index is 1.42. The largest absolute Gasteiger partial charge is 0.394 e. The highest BCUT2D eigenvalue weighted by Gasteiger charge is 2.54. The Labute approximate surface area is 638 Å². The first kappa shape index (κ1) is 95.9. The maximum absolute atomic E-state index is 13.4. The molecule has 0 aromatic carbocycles. The fourth-order valence-electron chi connectivity index (χ4n) is 12.8. The summed E-state index contributed by atoms with van der Waals surface area (Å²) in [6.45, 7) is 1.56. The number of aliphatic hydroxyl groups is 11. The van der Waals surface area contributed by atoms with E-state index in [1.54, 1.807) is 6.08 Å². The summed E-state index contributed by atoms with van der Waals surface area (Å²) in [6, 6.07) is -1.04. The van der Waals surface area contributed by atoms with Crippen LogP contribution >= 0.6 is 0 Å². The first-order valence-electron chi connectivity index (χ1n) is 41.1. The van der Waals surface area contributed by atoms with Crippen LogP contribution < -0.4 is 5.32 Å². The van der Waals surface area contributed by atoms with Crippen LogP contribution in [0.3, 0.4) is 0 Å². The molecule has 0 spiro atoms. The number of nitrogens with one attached hydrogen (secondary N) is 1. The highest BCUT2D eigenvalue weighted by Crippen LogP contribution is 2.33. The van der Waals surface area contributed by atoms with Crippen molar-refractivity contribution in [2.45, 2.75) is 369 Å². The first-order valence-corrected chi connectivity index (χ1v) is 41.1. The van der Waals surface area contributed by atoms with Crippen molar-refractivity contribution in [3.05, 3.63) is 146 Å². The van der Waals surface area contributed by atoms with E-state index in [1.807, 2.05) is 12.2 Å². The Morgan fingerprint density at radius 3 is 1.06 bits per heavy atom. The minimum absolute atomic E-state index is 0.142. The third-order valence-electron chi connectivity index (χ3n) is 19.3. The molecule has 3 aliphatic heterocycles. The molecule has 0 radical (unpaired) electrons. The standard InChI is InChI=1S/C87H145NO18/c1-3-5-7-9-11-13-15-17-19-21-23-25-27-29-31-33-34-35-37-38-40-42-44-46-48-50-52-54-56-58-60-62-64-71(92)70(88-75(93)65-63-61-59-57-55-53-51-49-47-45-43-41-39-36-32-30-28-26-24-22-20-18-16-14-12-10-8-6-4-2)69-101-85-81(99)78(96)83(73(67-90)103-85)106-87-82(100)79(97)84(74(68-91)104-87)105-86-80(98)77(95)76(94)72(66-89)102-86/h6,8,12,14,18,20,24,26,30,32,39,41,45-48,51,53-54,56-57,59,62,64,70-74,76-87,89-92,94-100H,3-5,7,9-11,13,15-17,19,21-23,25,27-29,31,33-38,40,42-44,49-50,52,55,58,60-61,63,65-69H2,1-2H3,(H,88,93)/b8-6-,14-12-,20-18-,26-24-,32-30-,41-39-,47-45-,48-46+,53-51-,56-54+,59-57-,64-62+. The third-order valence-corrected chi connectivity index (χ3v) is 19.3. The van der Waals surface area contributed by atoms with Gasteiger partial charge in [0.2, 0.25) is 5.91 Å². The van der Waals surface area contributed by atoms with Gasteiger partial charge in [-0.25, -0.2) is 0 Å². The molecule has 3 fully saturated rings. The van der Waals surface area contributed by atoms with E-state index < -0.39 is 131 Å². The van der Waals surface area contributed by atoms with Crippen LogP contribution in [0.15, 0.2) is 146 Å². The molecule has 0 aromatic heterocycles. The minimum atomic E-state index is -2.00. The Kier molecular flexibility index (Phi) is 59.1. The van der Waals surface area contributed by atoms with E-state index in [2.05, 4.69) is 147 Å². The predicted octanol–water partition coefficient (Wildman–Crippen LogP) is 14.2. The second kappa shape index (κ2) is 65.4. The number of allylic oxidation sites excluding steroid dienone is 23. The van der Waals surface area contributed by atoms with Gasteiger partial charge in [0.25, 0.3) is 0 Å². The maximum Gasteiger partial charge on any atom is 0.220 e. The van der Waals surface area contributed by atoms with Crippen molar-refractivity contribution < 1.29 is 89.4 Å². The molecule has 0 saturated carbocycles. The van der Waals surface area contributed by atoms with Gasteiger partial charge in [0.15, 0.2) is 18.9 Å². The van der Waals surface area contributed by atoms with Crippen molar-refractivity contribution >= 4 is 5.91 Å². The van der Waals surface area contributed by atoms with Crippen molar-refractivity contribution in [1.82, 2.24) is 5.32 Å². The first-order chi connectivity index (χ1) is 51.8. The second-order valence-corrected chi connectivity index (χ2v) is 28.5. The van der Waals surface area contributed by atoms with E-state index in [0.717, 1.165) is 83.5 Å². The summed E-state index contributed by atoms with van der Waals surface area (Å²) in [5.41, 5.74) is 0. The summed E-state index contributed by atoms with van der Waals surface area (Å²) in [5, 5.41) is 121. The normalized spacial score (nSPS) is 26.4. The summed E-state index contributed by atoms with van der Waals surface area (Å²) in [7, 11) is 0. The van der Waals surface area contributed by atoms with Crippen LogP contribution in [0.2, 0.25) is 0 Å². The molecule has 3 heterocycles. The molecule has 3 saturated heterocycles. The van der Waals surface area contributed by atoms with Gasteiger partial charge >= 0.3 is 0 Å². The molecule has 3 rings (SSSR count). The van der Waals surface area contributed by atoms with E-state index in [0.29, 0.717) is 19.3 Å². The van der Waals surface area contributed by atoms with E-state index in [1.165, 1.54) is 141 Å². The maximum atomic E-state index is 13.4. The molecule has 3 aliphatic rings. The molecule has 19 nitrogen and oxygen atoms in total. The molecule has 17 atom stereocenters. The number of ether oxygens (including phenoxy) is 6. The monoisotopic (exact) mass is 1490 g/mol. The molecular weight excluding hydrogens is 1350 g/mol. The topological polar surface area (TPSA) is 307 Å². The quantitative estimate of drug-likeness (QED) is 0.0199. The molecule has 12 N–H and O–H groups in total. The summed E-state index contributed by atoms with van der Waals surface area (Å²) >= 11 is 0. The van der Waals surface area contributed by atoms with Gasteiger partial charge in [0.1, 0.15) is 73.2 Å². The average molecular weight is 1490 g/mol. The number of carbonyl (C=O) groups excluding carboxylic acids is 1. The van der Waals surface area contributed by atoms with Crippen molar-refractivity contribution in [1.29, 1.82) is 0 Å². The van der Waals surface area contributed by atoms with Crippen LogP contribution in [0, 0.1) is 0 Å². The zero-order valence-corrected chi connectivity index (χ0v) is 64.9. The van der Waals surface area contributed by atoms with Gasteiger partial charge in [-0.05, 0) is 109 Å². The van der Waals surface area contributed by atoms with Gasteiger partial charge < -0.3 is 89.9 Å². The Hall–Kier alpha value is -4.33. The number of unbranched alkanes of at least 4 members (excludes halogenated alkanes) is 25. The lowest BCUT2D eigenvalue weighted by molar-refractivity contribution is -0.379. The SMILES string of the molecule is CC/C=C\C/C=C\C/C=C\C/C=C\C/C=C\C/C=C\C/C=C\C/C=C\C/C=C\CCCC(=O)NC(COC1OC(CO)C(OC2OC(CO)C(OC3OC(CO)C(O)C(O)C3O)C(O)C2O)C(O)C1O)C(O)/C=C/CC/C=C/CC/C=C/CCCCCCCCCCCCCCCCCCCCCCCC. The van der Waals surface area contributed by atoms with Gasteiger partial charge in [0, 0.05) is 6.42 Å². The van der Waals surface area contributed by atoms with Crippen molar-refractivity contribution in [2.24, 2.45) is 0 Å². The summed E-state index contributed by atoms with van der Waals surface area (Å²) in [5.74, 6) is -0.352.